The van der Waals surface area contributed by atoms with E-state index in [1.807, 2.05) is 6.07 Å². The van der Waals surface area contributed by atoms with Crippen LogP contribution >= 0.6 is 0 Å². The number of hydrogen-bond donors (Lipinski definition) is 0. The zero-order valence-electron chi connectivity index (χ0n) is 12.5. The number of hydrogen-bond acceptors (Lipinski definition) is 4. The van der Waals surface area contributed by atoms with Crippen molar-refractivity contribution < 1.29 is 17.5 Å². The Kier molecular flexibility index (Phi) is 5.51. The van der Waals surface area contributed by atoms with Gasteiger partial charge < -0.3 is 4.74 Å². The van der Waals surface area contributed by atoms with Crippen LogP contribution in [0.3, 0.4) is 0 Å². The molecule has 2 rings (SSSR count). The Bertz CT molecular complexity index is 664. The first kappa shape index (κ1) is 16.9. The second-order valence-corrected chi connectivity index (χ2v) is 7.32. The highest BCUT2D eigenvalue weighted by Crippen LogP contribution is 2.24. The second-order valence-electron chi connectivity index (χ2n) is 5.41. The fourth-order valence-electron chi connectivity index (χ4n) is 2.49. The first-order valence-electron chi connectivity index (χ1n) is 7.16. The molecular weight excluding hydrogens is 307 g/mol. The summed E-state index contributed by atoms with van der Waals surface area (Å²) in [5.74, 6) is -0.476. The largest absolute Gasteiger partial charge is 0.381 e. The average Bonchev–Trinajstić information content (AvgIpc) is 2.98. The molecule has 1 aromatic rings. The number of ether oxygens (including phenoxy) is 1. The highest BCUT2D eigenvalue weighted by atomic mass is 32.2. The van der Waals surface area contributed by atoms with Crippen LogP contribution in [0.5, 0.6) is 0 Å². The van der Waals surface area contributed by atoms with Gasteiger partial charge in [-0.25, -0.2) is 12.8 Å². The van der Waals surface area contributed by atoms with Crippen LogP contribution in [0.1, 0.15) is 18.4 Å². The van der Waals surface area contributed by atoms with Gasteiger partial charge in [0.1, 0.15) is 5.82 Å². The molecule has 1 aliphatic heterocycles. The lowest BCUT2D eigenvalue weighted by molar-refractivity contribution is 0.180. The van der Waals surface area contributed by atoms with Gasteiger partial charge in [0, 0.05) is 26.1 Å². The van der Waals surface area contributed by atoms with Gasteiger partial charge >= 0.3 is 0 Å². The minimum absolute atomic E-state index is 0.0376. The molecule has 1 saturated heterocycles. The summed E-state index contributed by atoms with van der Waals surface area (Å²) >= 11 is 0. The molecule has 22 heavy (non-hydrogen) atoms. The summed E-state index contributed by atoms with van der Waals surface area (Å²) < 4.78 is 45.6. The van der Waals surface area contributed by atoms with E-state index in [0.717, 1.165) is 12.5 Å². The number of benzene rings is 1. The molecule has 0 aromatic heterocycles. The van der Waals surface area contributed by atoms with Gasteiger partial charge in [-0.2, -0.15) is 9.57 Å². The van der Waals surface area contributed by atoms with E-state index in [-0.39, 0.29) is 23.8 Å². The van der Waals surface area contributed by atoms with Crippen molar-refractivity contribution in [2.75, 3.05) is 26.3 Å². The molecule has 0 aliphatic carbocycles. The van der Waals surface area contributed by atoms with Crippen LogP contribution in [0.4, 0.5) is 4.39 Å². The summed E-state index contributed by atoms with van der Waals surface area (Å²) in [5.41, 5.74) is 0.492. The monoisotopic (exact) mass is 326 g/mol. The van der Waals surface area contributed by atoms with Crippen molar-refractivity contribution >= 4 is 10.0 Å². The van der Waals surface area contributed by atoms with Crippen LogP contribution in [-0.2, 0) is 14.8 Å². The summed E-state index contributed by atoms with van der Waals surface area (Å²) in [6.45, 7) is 3.16. The third kappa shape index (κ3) is 3.83. The molecule has 0 bridgehead atoms. The predicted molar refractivity (Wildman–Crippen MR) is 79.1 cm³/mol. The third-order valence-corrected chi connectivity index (χ3v) is 5.73. The molecule has 5 nitrogen and oxygen atoms in total. The number of aryl methyl sites for hydroxylation is 1. The van der Waals surface area contributed by atoms with E-state index in [4.69, 9.17) is 10.00 Å². The van der Waals surface area contributed by atoms with E-state index in [1.165, 1.54) is 16.4 Å². The van der Waals surface area contributed by atoms with Gasteiger partial charge in [0.2, 0.25) is 10.0 Å². The second kappa shape index (κ2) is 7.18. The lowest BCUT2D eigenvalue weighted by Crippen LogP contribution is -2.36. The average molecular weight is 326 g/mol. The molecule has 0 saturated carbocycles. The molecule has 1 heterocycles. The first-order chi connectivity index (χ1) is 10.4. The topological polar surface area (TPSA) is 70.4 Å². The van der Waals surface area contributed by atoms with Crippen LogP contribution in [-0.4, -0.2) is 39.0 Å². The Balaban J connectivity index is 2.30. The minimum atomic E-state index is -3.83. The van der Waals surface area contributed by atoms with Crippen LogP contribution in [0, 0.1) is 30.0 Å². The van der Waals surface area contributed by atoms with Gasteiger partial charge in [0.15, 0.2) is 0 Å². The Morgan fingerprint density at radius 3 is 2.91 bits per heavy atom. The van der Waals surface area contributed by atoms with Crippen LogP contribution < -0.4 is 0 Å². The molecule has 0 unspecified atom stereocenters. The first-order valence-corrected chi connectivity index (χ1v) is 8.60. The number of nitrogens with zero attached hydrogens (tertiary/aromatic N) is 2. The molecular formula is C15H19FN2O3S. The van der Waals surface area contributed by atoms with Crippen molar-refractivity contribution in [1.82, 2.24) is 4.31 Å². The van der Waals surface area contributed by atoms with Gasteiger partial charge in [-0.05, 0) is 37.0 Å². The predicted octanol–water partition coefficient (Wildman–Crippen LogP) is 2.08. The van der Waals surface area contributed by atoms with Crippen molar-refractivity contribution in [3.63, 3.8) is 0 Å². The molecule has 1 aliphatic rings. The Hall–Kier alpha value is -1.49. The Morgan fingerprint density at radius 2 is 2.27 bits per heavy atom. The van der Waals surface area contributed by atoms with Gasteiger partial charge in [-0.3, -0.25) is 0 Å². The van der Waals surface area contributed by atoms with Crippen molar-refractivity contribution in [1.29, 1.82) is 5.26 Å². The number of sulfonamides is 1. The molecule has 0 radical (unpaired) electrons. The summed E-state index contributed by atoms with van der Waals surface area (Å²) in [7, 11) is -3.83. The fraction of sp³-hybridized carbons (Fsp3) is 0.533. The molecule has 1 fully saturated rings. The maximum absolute atomic E-state index is 13.4. The fourth-order valence-corrected chi connectivity index (χ4v) is 4.24. The number of nitriles is 1. The lowest BCUT2D eigenvalue weighted by Gasteiger charge is -2.24. The van der Waals surface area contributed by atoms with Crippen molar-refractivity contribution in [2.24, 2.45) is 5.92 Å². The quantitative estimate of drug-likeness (QED) is 0.802. The van der Waals surface area contributed by atoms with E-state index < -0.39 is 15.8 Å². The van der Waals surface area contributed by atoms with E-state index in [1.54, 1.807) is 6.92 Å². The number of halogens is 1. The van der Waals surface area contributed by atoms with Crippen LogP contribution in [0.15, 0.2) is 23.1 Å². The van der Waals surface area contributed by atoms with E-state index in [2.05, 4.69) is 0 Å². The smallest absolute Gasteiger partial charge is 0.243 e. The third-order valence-electron chi connectivity index (χ3n) is 3.73. The number of rotatable bonds is 6. The van der Waals surface area contributed by atoms with Crippen LogP contribution in [0.2, 0.25) is 0 Å². The van der Waals surface area contributed by atoms with Crippen molar-refractivity contribution in [3.05, 3.63) is 29.6 Å². The van der Waals surface area contributed by atoms with Gasteiger partial charge in [0.25, 0.3) is 0 Å². The molecule has 1 aromatic carbocycles. The molecule has 1 atom stereocenters. The van der Waals surface area contributed by atoms with Crippen LogP contribution in [0.25, 0.3) is 0 Å². The molecule has 0 N–H and O–H groups in total. The van der Waals surface area contributed by atoms with Gasteiger partial charge in [-0.1, -0.05) is 6.07 Å². The zero-order valence-corrected chi connectivity index (χ0v) is 13.3. The van der Waals surface area contributed by atoms with Gasteiger partial charge in [0.05, 0.1) is 17.6 Å². The SMILES string of the molecule is Cc1ccc(F)cc1S(=O)(=O)N(CCC#N)C[C@@H]1CCOC1. The Labute approximate surface area is 130 Å². The summed E-state index contributed by atoms with van der Waals surface area (Å²) in [6, 6.07) is 5.68. The maximum Gasteiger partial charge on any atom is 0.243 e. The van der Waals surface area contributed by atoms with Gasteiger partial charge in [-0.15, -0.1) is 0 Å². The van der Waals surface area contributed by atoms with E-state index in [0.29, 0.717) is 25.3 Å². The van der Waals surface area contributed by atoms with E-state index in [9.17, 15) is 12.8 Å². The Morgan fingerprint density at radius 1 is 1.50 bits per heavy atom. The minimum Gasteiger partial charge on any atom is -0.381 e. The highest BCUT2D eigenvalue weighted by molar-refractivity contribution is 7.89. The molecule has 0 spiro atoms. The normalized spacial score (nSPS) is 18.5. The van der Waals surface area contributed by atoms with Crippen molar-refractivity contribution in [3.8, 4) is 6.07 Å². The van der Waals surface area contributed by atoms with Crippen molar-refractivity contribution in [2.45, 2.75) is 24.7 Å². The zero-order chi connectivity index (χ0) is 16.2. The summed E-state index contributed by atoms with van der Waals surface area (Å²) in [6.07, 6.45) is 0.891. The molecule has 0 amide bonds. The molecule has 120 valence electrons. The molecule has 7 heteroatoms. The summed E-state index contributed by atoms with van der Waals surface area (Å²) in [5, 5.41) is 8.75. The maximum atomic E-state index is 13.4. The summed E-state index contributed by atoms with van der Waals surface area (Å²) in [4.78, 5) is -0.0376. The lowest BCUT2D eigenvalue weighted by atomic mass is 10.1. The highest BCUT2D eigenvalue weighted by Gasteiger charge is 2.30. The standard InChI is InChI=1S/C15H19FN2O3S/c1-12-3-4-14(16)9-15(12)22(19,20)18(7-2-6-17)10-13-5-8-21-11-13/h3-4,9,13H,2,5,7-8,10-11H2,1H3/t13-/m0/s1. The van der Waals surface area contributed by atoms with E-state index >= 15 is 0 Å².